The van der Waals surface area contributed by atoms with E-state index >= 15 is 0 Å². The highest BCUT2D eigenvalue weighted by atomic mass is 35.5. The number of ether oxygens (including phenoxy) is 2. The highest BCUT2D eigenvalue weighted by molar-refractivity contribution is 7.91. The van der Waals surface area contributed by atoms with Crippen LogP contribution < -0.4 is 9.47 Å². The Balaban J connectivity index is 1.41. The molecule has 0 bridgehead atoms. The second-order valence-electron chi connectivity index (χ2n) is 6.07. The number of phenols is 1. The lowest BCUT2D eigenvalue weighted by Gasteiger charge is -2.33. The first-order valence-corrected chi connectivity index (χ1v) is 10.7. The second kappa shape index (κ2) is 6.90. The molecule has 1 N–H and O–H groups in total. The number of fused-ring (bicyclic) bond motifs is 1. The summed E-state index contributed by atoms with van der Waals surface area (Å²) in [5.74, 6) is 1.31. The molecule has 0 saturated carbocycles. The van der Waals surface area contributed by atoms with Gasteiger partial charge in [-0.2, -0.15) is 4.31 Å². The summed E-state index contributed by atoms with van der Waals surface area (Å²) < 4.78 is 38.1. The van der Waals surface area contributed by atoms with Crippen LogP contribution in [-0.4, -0.2) is 55.7 Å². The van der Waals surface area contributed by atoms with Gasteiger partial charge in [-0.1, -0.05) is 11.6 Å². The zero-order chi connectivity index (χ0) is 18.3. The number of thiophene rings is 1. The lowest BCUT2D eigenvalue weighted by Crippen LogP contribution is -2.48. The van der Waals surface area contributed by atoms with Crippen LogP contribution in [0.1, 0.15) is 5.56 Å². The lowest BCUT2D eigenvalue weighted by atomic mass is 10.1. The van der Waals surface area contributed by atoms with Crippen LogP contribution in [-0.2, 0) is 16.6 Å². The monoisotopic (exact) mass is 416 g/mol. The Bertz CT molecular complexity index is 923. The van der Waals surface area contributed by atoms with E-state index in [0.29, 0.717) is 48.6 Å². The van der Waals surface area contributed by atoms with E-state index in [1.807, 2.05) is 0 Å². The van der Waals surface area contributed by atoms with Crippen molar-refractivity contribution in [2.24, 2.45) is 0 Å². The summed E-state index contributed by atoms with van der Waals surface area (Å²) in [7, 11) is -3.50. The molecule has 7 nitrogen and oxygen atoms in total. The first-order chi connectivity index (χ1) is 12.4. The molecule has 140 valence electrons. The van der Waals surface area contributed by atoms with Crippen LogP contribution in [0.15, 0.2) is 28.5 Å². The average molecular weight is 417 g/mol. The van der Waals surface area contributed by atoms with Crippen LogP contribution in [0.3, 0.4) is 0 Å². The minimum absolute atomic E-state index is 0.150. The molecule has 0 aliphatic carbocycles. The predicted octanol–water partition coefficient (Wildman–Crippen LogP) is 2.34. The number of sulfonamides is 1. The van der Waals surface area contributed by atoms with Crippen LogP contribution >= 0.6 is 22.9 Å². The van der Waals surface area contributed by atoms with Gasteiger partial charge in [0.1, 0.15) is 9.96 Å². The van der Waals surface area contributed by atoms with E-state index < -0.39 is 10.0 Å². The number of aromatic hydroxyl groups is 1. The molecule has 2 aliphatic heterocycles. The van der Waals surface area contributed by atoms with Gasteiger partial charge in [-0.15, -0.1) is 11.3 Å². The molecule has 1 aromatic carbocycles. The number of benzene rings is 1. The third-order valence-corrected chi connectivity index (χ3v) is 8.04. The summed E-state index contributed by atoms with van der Waals surface area (Å²) in [6.45, 7) is 2.60. The van der Waals surface area contributed by atoms with Crippen molar-refractivity contribution < 1.29 is 23.0 Å². The fourth-order valence-electron chi connectivity index (χ4n) is 3.03. The fraction of sp³-hybridized carbons (Fsp3) is 0.375. The molecule has 0 amide bonds. The van der Waals surface area contributed by atoms with Gasteiger partial charge < -0.3 is 14.6 Å². The molecule has 4 rings (SSSR count). The molecule has 1 fully saturated rings. The maximum absolute atomic E-state index is 12.6. The van der Waals surface area contributed by atoms with Gasteiger partial charge in [0.15, 0.2) is 11.5 Å². The zero-order valence-electron chi connectivity index (χ0n) is 13.7. The SMILES string of the molecule is O=S(=O)(c1ccc(Cl)s1)N1CCN(Cc2cc3c(cc2O)OCO3)CC1. The van der Waals surface area contributed by atoms with Gasteiger partial charge in [0.05, 0.1) is 4.34 Å². The molecule has 3 heterocycles. The van der Waals surface area contributed by atoms with Crippen molar-refractivity contribution in [3.63, 3.8) is 0 Å². The van der Waals surface area contributed by atoms with Gasteiger partial charge in [0.25, 0.3) is 10.0 Å². The van der Waals surface area contributed by atoms with E-state index in [-0.39, 0.29) is 16.8 Å². The predicted molar refractivity (Wildman–Crippen MR) is 97.6 cm³/mol. The smallest absolute Gasteiger partial charge is 0.252 e. The van der Waals surface area contributed by atoms with Crippen molar-refractivity contribution >= 4 is 33.0 Å². The van der Waals surface area contributed by atoms with E-state index in [4.69, 9.17) is 21.1 Å². The van der Waals surface area contributed by atoms with E-state index in [9.17, 15) is 13.5 Å². The molecule has 0 radical (unpaired) electrons. The molecule has 10 heteroatoms. The van der Waals surface area contributed by atoms with Crippen molar-refractivity contribution in [2.45, 2.75) is 10.8 Å². The highest BCUT2D eigenvalue weighted by Crippen LogP contribution is 2.38. The Labute approximate surface area is 160 Å². The number of phenolic OH excluding ortho intramolecular Hbond substituents is 1. The molecule has 0 atom stereocenters. The summed E-state index contributed by atoms with van der Waals surface area (Å²) >= 11 is 6.93. The lowest BCUT2D eigenvalue weighted by molar-refractivity contribution is 0.173. The first-order valence-electron chi connectivity index (χ1n) is 8.03. The molecule has 2 aliphatic rings. The summed E-state index contributed by atoms with van der Waals surface area (Å²) in [4.78, 5) is 2.10. The number of nitrogens with zero attached hydrogens (tertiary/aromatic N) is 2. The number of piperazine rings is 1. The highest BCUT2D eigenvalue weighted by Gasteiger charge is 2.30. The van der Waals surface area contributed by atoms with E-state index in [2.05, 4.69) is 4.90 Å². The van der Waals surface area contributed by atoms with Gasteiger partial charge in [0.2, 0.25) is 6.79 Å². The largest absolute Gasteiger partial charge is 0.507 e. The summed E-state index contributed by atoms with van der Waals surface area (Å²) in [5.41, 5.74) is 0.732. The maximum Gasteiger partial charge on any atom is 0.252 e. The second-order valence-corrected chi connectivity index (χ2v) is 9.95. The zero-order valence-corrected chi connectivity index (χ0v) is 16.1. The van der Waals surface area contributed by atoms with Crippen LogP contribution in [0, 0.1) is 0 Å². The summed E-state index contributed by atoms with van der Waals surface area (Å²) in [6, 6.07) is 6.46. The van der Waals surface area contributed by atoms with Gasteiger partial charge in [-0.05, 0) is 18.2 Å². The molecular weight excluding hydrogens is 400 g/mol. The quantitative estimate of drug-likeness (QED) is 0.824. The topological polar surface area (TPSA) is 79.3 Å². The Morgan fingerprint density at radius 1 is 1.12 bits per heavy atom. The molecule has 0 spiro atoms. The van der Waals surface area contributed by atoms with Crippen molar-refractivity contribution in [3.05, 3.63) is 34.2 Å². The van der Waals surface area contributed by atoms with Crippen LogP contribution in [0.25, 0.3) is 0 Å². The minimum atomic E-state index is -3.50. The van der Waals surface area contributed by atoms with Gasteiger partial charge in [-0.3, -0.25) is 4.90 Å². The standard InChI is InChI=1S/C16H17ClN2O5S2/c17-15-1-2-16(25-15)26(21,22)19-5-3-18(4-6-19)9-11-7-13-14(8-12(11)20)24-10-23-13/h1-2,7-8,20H,3-6,9-10H2. The number of hydrogen-bond acceptors (Lipinski definition) is 7. The van der Waals surface area contributed by atoms with Crippen LogP contribution in [0.4, 0.5) is 0 Å². The van der Waals surface area contributed by atoms with Crippen LogP contribution in [0.2, 0.25) is 4.34 Å². The number of rotatable bonds is 4. The van der Waals surface area contributed by atoms with E-state index in [1.165, 1.54) is 4.31 Å². The van der Waals surface area contributed by atoms with Gasteiger partial charge in [0, 0.05) is 44.4 Å². The van der Waals surface area contributed by atoms with Crippen molar-refractivity contribution in [1.29, 1.82) is 0 Å². The van der Waals surface area contributed by atoms with Gasteiger partial charge >= 0.3 is 0 Å². The van der Waals surface area contributed by atoms with Crippen molar-refractivity contribution in [3.8, 4) is 17.2 Å². The Kier molecular flexibility index (Phi) is 4.74. The molecule has 2 aromatic rings. The van der Waals surface area contributed by atoms with Crippen molar-refractivity contribution in [2.75, 3.05) is 33.0 Å². The Morgan fingerprint density at radius 3 is 2.46 bits per heavy atom. The number of hydrogen-bond donors (Lipinski definition) is 1. The molecule has 1 saturated heterocycles. The Hall–Kier alpha value is -1.52. The average Bonchev–Trinajstić information content (AvgIpc) is 3.24. The van der Waals surface area contributed by atoms with E-state index in [0.717, 1.165) is 16.9 Å². The molecular formula is C16H17ClN2O5S2. The molecule has 0 unspecified atom stereocenters. The normalized spacial score (nSPS) is 18.3. The van der Waals surface area contributed by atoms with Gasteiger partial charge in [-0.25, -0.2) is 8.42 Å². The summed E-state index contributed by atoms with van der Waals surface area (Å²) in [5, 5.41) is 10.2. The van der Waals surface area contributed by atoms with Crippen LogP contribution in [0.5, 0.6) is 17.2 Å². The molecule has 26 heavy (non-hydrogen) atoms. The van der Waals surface area contributed by atoms with Crippen molar-refractivity contribution in [1.82, 2.24) is 9.21 Å². The summed E-state index contributed by atoms with van der Waals surface area (Å²) in [6.07, 6.45) is 0. The third kappa shape index (κ3) is 3.37. The van der Waals surface area contributed by atoms with E-state index in [1.54, 1.807) is 24.3 Å². The maximum atomic E-state index is 12.6. The minimum Gasteiger partial charge on any atom is -0.507 e. The first kappa shape index (κ1) is 17.9. The molecule has 1 aromatic heterocycles. The number of halogens is 1. The third-order valence-electron chi connectivity index (χ3n) is 4.44. The Morgan fingerprint density at radius 2 is 1.81 bits per heavy atom. The fourth-order valence-corrected chi connectivity index (χ4v) is 6.09.